The van der Waals surface area contributed by atoms with Crippen LogP contribution in [-0.2, 0) is 20.6 Å². The van der Waals surface area contributed by atoms with Gasteiger partial charge in [-0.15, -0.1) is 0 Å². The molecule has 0 atom stereocenters. The van der Waals surface area contributed by atoms with Crippen molar-refractivity contribution < 1.29 is 13.2 Å². The van der Waals surface area contributed by atoms with Gasteiger partial charge in [-0.1, -0.05) is 60.1 Å². The molecule has 3 aromatic rings. The summed E-state index contributed by atoms with van der Waals surface area (Å²) < 4.78 is 28.0. The van der Waals surface area contributed by atoms with Gasteiger partial charge in [-0.05, 0) is 54.8 Å². The number of carbonyl (C=O) groups is 1. The molecule has 0 fully saturated rings. The molecular weight excluding hydrogens is 476 g/mol. The van der Waals surface area contributed by atoms with E-state index in [1.807, 2.05) is 44.2 Å². The number of anilines is 1. The Hall–Kier alpha value is -2.48. The topological polar surface area (TPSA) is 66.5 Å². The molecule has 174 valence electrons. The van der Waals surface area contributed by atoms with Gasteiger partial charge in [-0.3, -0.25) is 9.10 Å². The van der Waals surface area contributed by atoms with E-state index in [1.165, 1.54) is 16.4 Å². The molecule has 0 aliphatic heterocycles. The third-order valence-corrected chi connectivity index (χ3v) is 8.40. The van der Waals surface area contributed by atoms with Crippen LogP contribution in [0, 0.1) is 13.8 Å². The molecule has 0 unspecified atom stereocenters. The van der Waals surface area contributed by atoms with Crippen LogP contribution >= 0.6 is 23.4 Å². The summed E-state index contributed by atoms with van der Waals surface area (Å²) in [6, 6.07) is 21.3. The fourth-order valence-electron chi connectivity index (χ4n) is 3.27. The normalized spacial score (nSPS) is 11.2. The van der Waals surface area contributed by atoms with E-state index in [0.29, 0.717) is 18.0 Å². The largest absolute Gasteiger partial charge is 0.354 e. The average molecular weight is 503 g/mol. The van der Waals surface area contributed by atoms with E-state index in [-0.39, 0.29) is 17.3 Å². The second kappa shape index (κ2) is 11.6. The molecule has 0 aromatic heterocycles. The highest BCUT2D eigenvalue weighted by molar-refractivity contribution is 7.98. The second-order valence-corrected chi connectivity index (χ2v) is 10.9. The van der Waals surface area contributed by atoms with Crippen LogP contribution in [0.15, 0.2) is 77.7 Å². The quantitative estimate of drug-likeness (QED) is 0.387. The van der Waals surface area contributed by atoms with Crippen molar-refractivity contribution in [3.8, 4) is 0 Å². The third-order valence-electron chi connectivity index (χ3n) is 5.25. The molecule has 3 rings (SSSR count). The lowest BCUT2D eigenvalue weighted by Crippen LogP contribution is -2.41. The van der Waals surface area contributed by atoms with Gasteiger partial charge < -0.3 is 5.32 Å². The number of carbonyl (C=O) groups excluding carboxylic acids is 1. The number of hydrogen-bond acceptors (Lipinski definition) is 4. The summed E-state index contributed by atoms with van der Waals surface area (Å²) in [6.07, 6.45) is 0. The Bertz CT molecular complexity index is 1200. The van der Waals surface area contributed by atoms with Gasteiger partial charge in [0.2, 0.25) is 5.91 Å². The van der Waals surface area contributed by atoms with Crippen molar-refractivity contribution in [3.63, 3.8) is 0 Å². The van der Waals surface area contributed by atoms with Gasteiger partial charge in [0.15, 0.2) is 0 Å². The van der Waals surface area contributed by atoms with Gasteiger partial charge in [0.25, 0.3) is 10.0 Å². The number of nitrogens with zero attached hydrogens (tertiary/aromatic N) is 1. The highest BCUT2D eigenvalue weighted by atomic mass is 35.5. The summed E-state index contributed by atoms with van der Waals surface area (Å²) in [5, 5.41) is 3.57. The van der Waals surface area contributed by atoms with Gasteiger partial charge in [0.05, 0.1) is 10.6 Å². The molecule has 1 N–H and O–H groups in total. The SMILES string of the molecule is Cc1cccc(N(CC(=O)NCCSCc2ccccc2Cl)S(=O)(=O)c2ccccc2)c1C. The van der Waals surface area contributed by atoms with Crippen molar-refractivity contribution in [1.82, 2.24) is 5.32 Å². The molecule has 1 amide bonds. The molecule has 0 bridgehead atoms. The number of benzene rings is 3. The van der Waals surface area contributed by atoms with Crippen LogP contribution < -0.4 is 9.62 Å². The summed E-state index contributed by atoms with van der Waals surface area (Å²) in [4.78, 5) is 12.9. The van der Waals surface area contributed by atoms with Crippen LogP contribution in [0.4, 0.5) is 5.69 Å². The Balaban J connectivity index is 1.68. The first-order chi connectivity index (χ1) is 15.8. The molecule has 0 radical (unpaired) electrons. The maximum absolute atomic E-state index is 13.4. The maximum Gasteiger partial charge on any atom is 0.264 e. The van der Waals surface area contributed by atoms with Gasteiger partial charge in [-0.25, -0.2) is 8.42 Å². The number of nitrogens with one attached hydrogen (secondary N) is 1. The Labute approximate surface area is 205 Å². The van der Waals surface area contributed by atoms with Crippen LogP contribution in [0.25, 0.3) is 0 Å². The fraction of sp³-hybridized carbons (Fsp3) is 0.240. The van der Waals surface area contributed by atoms with Crippen molar-refractivity contribution in [2.75, 3.05) is 23.1 Å². The number of halogens is 1. The van der Waals surface area contributed by atoms with E-state index >= 15 is 0 Å². The summed E-state index contributed by atoms with van der Waals surface area (Å²) in [5.74, 6) is 1.08. The van der Waals surface area contributed by atoms with E-state index in [0.717, 1.165) is 27.5 Å². The Morgan fingerprint density at radius 1 is 0.970 bits per heavy atom. The number of thioether (sulfide) groups is 1. The minimum Gasteiger partial charge on any atom is -0.354 e. The highest BCUT2D eigenvalue weighted by Gasteiger charge is 2.28. The van der Waals surface area contributed by atoms with Crippen LogP contribution in [0.2, 0.25) is 5.02 Å². The zero-order valence-corrected chi connectivity index (χ0v) is 21.0. The van der Waals surface area contributed by atoms with E-state index in [9.17, 15) is 13.2 Å². The fourth-order valence-corrected chi connectivity index (χ4v) is 5.92. The molecule has 0 aliphatic carbocycles. The van der Waals surface area contributed by atoms with E-state index in [4.69, 9.17) is 11.6 Å². The van der Waals surface area contributed by atoms with E-state index < -0.39 is 10.0 Å². The van der Waals surface area contributed by atoms with E-state index in [1.54, 1.807) is 42.1 Å². The molecule has 3 aromatic carbocycles. The Morgan fingerprint density at radius 3 is 2.39 bits per heavy atom. The molecule has 0 aliphatic rings. The Kier molecular flexibility index (Phi) is 8.83. The third kappa shape index (κ3) is 6.53. The first kappa shape index (κ1) is 25.1. The monoisotopic (exact) mass is 502 g/mol. The molecule has 33 heavy (non-hydrogen) atoms. The first-order valence-electron chi connectivity index (χ1n) is 10.5. The predicted octanol–water partition coefficient (Wildman–Crippen LogP) is 5.20. The lowest BCUT2D eigenvalue weighted by Gasteiger charge is -2.26. The zero-order chi connectivity index (χ0) is 23.8. The summed E-state index contributed by atoms with van der Waals surface area (Å²) in [6.45, 7) is 3.92. The van der Waals surface area contributed by atoms with Crippen LogP contribution in [0.1, 0.15) is 16.7 Å². The molecule has 0 spiro atoms. The lowest BCUT2D eigenvalue weighted by molar-refractivity contribution is -0.119. The van der Waals surface area contributed by atoms with Crippen LogP contribution in [0.3, 0.4) is 0 Å². The summed E-state index contributed by atoms with van der Waals surface area (Å²) >= 11 is 7.83. The van der Waals surface area contributed by atoms with Crippen LogP contribution in [-0.4, -0.2) is 33.2 Å². The number of amides is 1. The standard InChI is InChI=1S/C25H27ClN2O3S2/c1-19-9-8-14-24(20(19)2)28(33(30,31)22-11-4-3-5-12-22)17-25(29)27-15-16-32-18-21-10-6-7-13-23(21)26/h3-14H,15-18H2,1-2H3,(H,27,29). The molecule has 0 saturated heterocycles. The minimum absolute atomic E-state index is 0.147. The molecule has 0 heterocycles. The van der Waals surface area contributed by atoms with Crippen LogP contribution in [0.5, 0.6) is 0 Å². The zero-order valence-electron chi connectivity index (χ0n) is 18.6. The van der Waals surface area contributed by atoms with Gasteiger partial charge >= 0.3 is 0 Å². The number of hydrogen-bond donors (Lipinski definition) is 1. The predicted molar refractivity (Wildman–Crippen MR) is 138 cm³/mol. The van der Waals surface area contributed by atoms with Crippen molar-refractivity contribution in [3.05, 3.63) is 94.5 Å². The van der Waals surface area contributed by atoms with Crippen molar-refractivity contribution in [2.24, 2.45) is 0 Å². The molecular formula is C25H27ClN2O3S2. The molecule has 8 heteroatoms. The smallest absolute Gasteiger partial charge is 0.264 e. The van der Waals surface area contributed by atoms with Crippen molar-refractivity contribution in [1.29, 1.82) is 0 Å². The summed E-state index contributed by atoms with van der Waals surface area (Å²) in [5.41, 5.74) is 3.32. The molecule has 0 saturated carbocycles. The van der Waals surface area contributed by atoms with E-state index in [2.05, 4.69) is 5.32 Å². The Morgan fingerprint density at radius 2 is 1.67 bits per heavy atom. The van der Waals surface area contributed by atoms with Crippen molar-refractivity contribution in [2.45, 2.75) is 24.5 Å². The van der Waals surface area contributed by atoms with Crippen molar-refractivity contribution >= 4 is 45.0 Å². The average Bonchev–Trinajstić information content (AvgIpc) is 2.81. The number of sulfonamides is 1. The first-order valence-corrected chi connectivity index (χ1v) is 13.5. The lowest BCUT2D eigenvalue weighted by atomic mass is 10.1. The second-order valence-electron chi connectivity index (χ2n) is 7.54. The summed E-state index contributed by atoms with van der Waals surface area (Å²) in [7, 11) is -3.91. The highest BCUT2D eigenvalue weighted by Crippen LogP contribution is 2.28. The number of rotatable bonds is 10. The number of aryl methyl sites for hydroxylation is 1. The maximum atomic E-state index is 13.4. The minimum atomic E-state index is -3.91. The van der Waals surface area contributed by atoms with Gasteiger partial charge in [0, 0.05) is 23.1 Å². The molecule has 5 nitrogen and oxygen atoms in total. The van der Waals surface area contributed by atoms with Gasteiger partial charge in [0.1, 0.15) is 6.54 Å². The van der Waals surface area contributed by atoms with Gasteiger partial charge in [-0.2, -0.15) is 11.8 Å².